The van der Waals surface area contributed by atoms with E-state index in [9.17, 15) is 0 Å². The van der Waals surface area contributed by atoms with E-state index in [0.717, 1.165) is 25.5 Å². The summed E-state index contributed by atoms with van der Waals surface area (Å²) >= 11 is 1.75. The molecule has 18 heavy (non-hydrogen) atoms. The van der Waals surface area contributed by atoms with Crippen molar-refractivity contribution in [1.29, 1.82) is 0 Å². The topological polar surface area (TPSA) is 49.3 Å². The van der Waals surface area contributed by atoms with Crippen molar-refractivity contribution in [2.24, 2.45) is 4.99 Å². The summed E-state index contributed by atoms with van der Waals surface area (Å²) in [5, 5.41) is 9.97. The first-order valence-corrected chi connectivity index (χ1v) is 7.33. The first-order chi connectivity index (χ1) is 8.45. The van der Waals surface area contributed by atoms with Crippen molar-refractivity contribution in [3.8, 4) is 0 Å². The molecule has 1 aromatic rings. The van der Waals surface area contributed by atoms with Gasteiger partial charge in [0.1, 0.15) is 0 Å². The molecule has 2 heterocycles. The number of rotatable bonds is 3. The number of guanidine groups is 1. The van der Waals surface area contributed by atoms with Crippen molar-refractivity contribution in [3.63, 3.8) is 0 Å². The lowest BCUT2D eigenvalue weighted by Gasteiger charge is -2.14. The van der Waals surface area contributed by atoms with Crippen molar-refractivity contribution in [2.75, 3.05) is 13.1 Å². The molecule has 0 radical (unpaired) electrons. The van der Waals surface area contributed by atoms with E-state index in [2.05, 4.69) is 53.7 Å². The lowest BCUT2D eigenvalue weighted by atomic mass is 9.93. The Labute approximate surface area is 113 Å². The summed E-state index contributed by atoms with van der Waals surface area (Å²) in [6.07, 6.45) is 0.954. The van der Waals surface area contributed by atoms with Gasteiger partial charge in [-0.2, -0.15) is 0 Å². The van der Waals surface area contributed by atoms with Gasteiger partial charge >= 0.3 is 0 Å². The average Bonchev–Trinajstić information content (AvgIpc) is 2.87. The summed E-state index contributed by atoms with van der Waals surface area (Å²) in [5.74, 6) is 0.926. The van der Waals surface area contributed by atoms with Gasteiger partial charge in [-0.1, -0.05) is 20.8 Å². The van der Waals surface area contributed by atoms with Crippen LogP contribution in [0.15, 0.2) is 10.4 Å². The quantitative estimate of drug-likeness (QED) is 0.879. The van der Waals surface area contributed by atoms with Crippen LogP contribution in [0.4, 0.5) is 0 Å². The van der Waals surface area contributed by atoms with E-state index in [4.69, 9.17) is 0 Å². The molecular weight excluding hydrogens is 244 g/mol. The maximum Gasteiger partial charge on any atom is 0.191 e. The minimum absolute atomic E-state index is 0.148. The first kappa shape index (κ1) is 13.3. The molecule has 0 saturated carbocycles. The largest absolute Gasteiger partial charge is 0.356 e. The SMILES string of the molecule is CC1CN=C(NCCc2nc(C(C)(C)C)cs2)N1. The van der Waals surface area contributed by atoms with Crippen LogP contribution < -0.4 is 10.6 Å². The number of aliphatic imine (C=N–C) groups is 1. The molecule has 4 nitrogen and oxygen atoms in total. The van der Waals surface area contributed by atoms with E-state index in [1.807, 2.05) is 0 Å². The van der Waals surface area contributed by atoms with E-state index in [1.165, 1.54) is 10.7 Å². The van der Waals surface area contributed by atoms with Gasteiger partial charge in [0.2, 0.25) is 0 Å². The van der Waals surface area contributed by atoms with E-state index in [1.54, 1.807) is 11.3 Å². The van der Waals surface area contributed by atoms with Crippen molar-refractivity contribution >= 4 is 17.3 Å². The van der Waals surface area contributed by atoms with Crippen LogP contribution in [0.1, 0.15) is 38.4 Å². The van der Waals surface area contributed by atoms with Gasteiger partial charge in [0.15, 0.2) is 5.96 Å². The molecule has 1 aliphatic rings. The first-order valence-electron chi connectivity index (χ1n) is 6.45. The molecule has 100 valence electrons. The van der Waals surface area contributed by atoms with E-state index in [0.29, 0.717) is 6.04 Å². The summed E-state index contributed by atoms with van der Waals surface area (Å²) in [5.41, 5.74) is 1.33. The maximum atomic E-state index is 4.68. The fourth-order valence-electron chi connectivity index (χ4n) is 1.72. The van der Waals surface area contributed by atoms with Crippen LogP contribution >= 0.6 is 11.3 Å². The molecular formula is C13H22N4S. The van der Waals surface area contributed by atoms with Gasteiger partial charge in [0.05, 0.1) is 17.2 Å². The molecule has 1 aliphatic heterocycles. The van der Waals surface area contributed by atoms with Crippen LogP contribution in [0.2, 0.25) is 0 Å². The lowest BCUT2D eigenvalue weighted by Crippen LogP contribution is -2.38. The van der Waals surface area contributed by atoms with Gasteiger partial charge < -0.3 is 10.6 Å². The lowest BCUT2D eigenvalue weighted by molar-refractivity contribution is 0.570. The Balaban J connectivity index is 1.79. The van der Waals surface area contributed by atoms with Crippen molar-refractivity contribution in [3.05, 3.63) is 16.1 Å². The second-order valence-electron chi connectivity index (χ2n) is 5.79. The van der Waals surface area contributed by atoms with Gasteiger partial charge in [-0.3, -0.25) is 4.99 Å². The normalized spacial score (nSPS) is 19.6. The highest BCUT2D eigenvalue weighted by Crippen LogP contribution is 2.23. The maximum absolute atomic E-state index is 4.68. The second kappa shape index (κ2) is 5.26. The third-order valence-corrected chi connectivity index (χ3v) is 3.77. The van der Waals surface area contributed by atoms with Crippen LogP contribution in [0.5, 0.6) is 0 Å². The summed E-state index contributed by atoms with van der Waals surface area (Å²) < 4.78 is 0. The average molecular weight is 266 g/mol. The van der Waals surface area contributed by atoms with Gasteiger partial charge in [-0.25, -0.2) is 4.98 Å². The number of thiazole rings is 1. The summed E-state index contributed by atoms with van der Waals surface area (Å²) in [7, 11) is 0. The fourth-order valence-corrected chi connectivity index (χ4v) is 2.74. The van der Waals surface area contributed by atoms with Gasteiger partial charge in [-0.15, -0.1) is 11.3 Å². The van der Waals surface area contributed by atoms with Crippen LogP contribution in [0.3, 0.4) is 0 Å². The minimum Gasteiger partial charge on any atom is -0.356 e. The zero-order valence-corrected chi connectivity index (χ0v) is 12.4. The Morgan fingerprint density at radius 2 is 2.28 bits per heavy atom. The minimum atomic E-state index is 0.148. The molecule has 2 N–H and O–H groups in total. The molecule has 0 saturated heterocycles. The van der Waals surface area contributed by atoms with Crippen molar-refractivity contribution < 1.29 is 0 Å². The molecule has 0 amide bonds. The number of hydrogen-bond acceptors (Lipinski definition) is 5. The number of nitrogens with zero attached hydrogens (tertiary/aromatic N) is 2. The zero-order chi connectivity index (χ0) is 13.2. The molecule has 5 heteroatoms. The van der Waals surface area contributed by atoms with Crippen LogP contribution in [-0.4, -0.2) is 30.1 Å². The summed E-state index contributed by atoms with van der Waals surface area (Å²) in [6.45, 7) is 10.5. The predicted molar refractivity (Wildman–Crippen MR) is 77.4 cm³/mol. The molecule has 0 aliphatic carbocycles. The Bertz CT molecular complexity index is 430. The van der Waals surface area contributed by atoms with Crippen molar-refractivity contribution in [2.45, 2.75) is 45.6 Å². The zero-order valence-electron chi connectivity index (χ0n) is 11.6. The van der Waals surface area contributed by atoms with Gasteiger partial charge in [-0.05, 0) is 6.92 Å². The smallest absolute Gasteiger partial charge is 0.191 e. The Morgan fingerprint density at radius 1 is 1.50 bits per heavy atom. The Kier molecular flexibility index (Phi) is 3.90. The molecule has 1 atom stereocenters. The van der Waals surface area contributed by atoms with Crippen LogP contribution in [0, 0.1) is 0 Å². The molecule has 0 aromatic carbocycles. The number of hydrogen-bond donors (Lipinski definition) is 2. The monoisotopic (exact) mass is 266 g/mol. The van der Waals surface area contributed by atoms with Crippen LogP contribution in [-0.2, 0) is 11.8 Å². The number of nitrogens with one attached hydrogen (secondary N) is 2. The van der Waals surface area contributed by atoms with Gasteiger partial charge in [0, 0.05) is 29.8 Å². The van der Waals surface area contributed by atoms with Gasteiger partial charge in [0.25, 0.3) is 0 Å². The summed E-state index contributed by atoms with van der Waals surface area (Å²) in [4.78, 5) is 9.05. The third kappa shape index (κ3) is 3.45. The molecule has 1 aromatic heterocycles. The highest BCUT2D eigenvalue weighted by atomic mass is 32.1. The molecule has 0 bridgehead atoms. The van der Waals surface area contributed by atoms with E-state index in [-0.39, 0.29) is 5.41 Å². The highest BCUT2D eigenvalue weighted by molar-refractivity contribution is 7.09. The molecule has 0 spiro atoms. The molecule has 0 fully saturated rings. The third-order valence-electron chi connectivity index (χ3n) is 2.86. The summed E-state index contributed by atoms with van der Waals surface area (Å²) in [6, 6.07) is 0.458. The Hall–Kier alpha value is -1.10. The highest BCUT2D eigenvalue weighted by Gasteiger charge is 2.17. The standard InChI is InChI=1S/C13H22N4S/c1-9-7-15-12(16-9)14-6-5-11-17-10(8-18-11)13(2,3)4/h8-9H,5-7H2,1-4H3,(H2,14,15,16). The number of aromatic nitrogens is 1. The van der Waals surface area contributed by atoms with Crippen molar-refractivity contribution in [1.82, 2.24) is 15.6 Å². The molecule has 1 unspecified atom stereocenters. The Morgan fingerprint density at radius 3 is 2.83 bits per heavy atom. The van der Waals surface area contributed by atoms with Crippen LogP contribution in [0.25, 0.3) is 0 Å². The fraction of sp³-hybridized carbons (Fsp3) is 0.692. The van der Waals surface area contributed by atoms with E-state index >= 15 is 0 Å². The van der Waals surface area contributed by atoms with E-state index < -0.39 is 0 Å². The second-order valence-corrected chi connectivity index (χ2v) is 6.73. The predicted octanol–water partition coefficient (Wildman–Crippen LogP) is 1.92. The molecule has 2 rings (SSSR count).